The third-order valence-electron chi connectivity index (χ3n) is 3.74. The fourth-order valence-corrected chi connectivity index (χ4v) is 3.09. The van der Waals surface area contributed by atoms with Crippen molar-refractivity contribution in [3.8, 4) is 5.69 Å². The summed E-state index contributed by atoms with van der Waals surface area (Å²) in [5, 5.41) is 0.949. The molecule has 0 bridgehead atoms. The predicted octanol–water partition coefficient (Wildman–Crippen LogP) is 4.18. The molecule has 0 spiro atoms. The number of carbonyl (C=O) groups excluding carboxylic acids is 1. The van der Waals surface area contributed by atoms with Gasteiger partial charge in [-0.2, -0.15) is 0 Å². The van der Waals surface area contributed by atoms with Crippen molar-refractivity contribution in [2.24, 2.45) is 0 Å². The molecule has 0 aliphatic rings. The van der Waals surface area contributed by atoms with E-state index in [1.165, 1.54) is 12.3 Å². The molecule has 0 fully saturated rings. The molecule has 0 radical (unpaired) electrons. The number of rotatable bonds is 3. The number of esters is 1. The van der Waals surface area contributed by atoms with Crippen molar-refractivity contribution in [1.29, 1.82) is 0 Å². The number of hydrogen-bond donors (Lipinski definition) is 0. The second-order valence-corrected chi connectivity index (χ2v) is 6.17. The van der Waals surface area contributed by atoms with E-state index < -0.39 is 11.4 Å². The first-order valence-corrected chi connectivity index (χ1v) is 8.34. The average Bonchev–Trinajstić information content (AvgIpc) is 2.56. The molecule has 0 saturated carbocycles. The molecule has 1 aromatic carbocycles. The lowest BCUT2D eigenvalue weighted by atomic mass is 10.1. The third kappa shape index (κ3) is 3.13. The molecule has 0 N–H and O–H groups in total. The first-order valence-electron chi connectivity index (χ1n) is 7.58. The van der Waals surface area contributed by atoms with Crippen LogP contribution in [0.2, 0.25) is 10.2 Å². The summed E-state index contributed by atoms with van der Waals surface area (Å²) in [5.41, 5.74) is 1.25. The van der Waals surface area contributed by atoms with Gasteiger partial charge in [-0.1, -0.05) is 35.3 Å². The van der Waals surface area contributed by atoms with E-state index in [1.54, 1.807) is 23.6 Å². The van der Waals surface area contributed by atoms with Crippen molar-refractivity contribution in [2.45, 2.75) is 13.8 Å². The molecule has 2 heterocycles. The number of carbonyl (C=O) groups is 1. The van der Waals surface area contributed by atoms with Crippen LogP contribution in [-0.4, -0.2) is 22.1 Å². The molecule has 3 aromatic rings. The summed E-state index contributed by atoms with van der Waals surface area (Å²) in [6.07, 6.45) is 1.40. The van der Waals surface area contributed by atoms with Gasteiger partial charge in [-0.15, -0.1) is 0 Å². The molecule has 7 heteroatoms. The van der Waals surface area contributed by atoms with Gasteiger partial charge >= 0.3 is 5.97 Å². The van der Waals surface area contributed by atoms with Crippen LogP contribution in [0.25, 0.3) is 16.7 Å². The quantitative estimate of drug-likeness (QED) is 0.508. The summed E-state index contributed by atoms with van der Waals surface area (Å²) in [5.74, 6) is -0.692. The topological polar surface area (TPSA) is 61.2 Å². The second-order valence-electron chi connectivity index (χ2n) is 5.37. The van der Waals surface area contributed by atoms with E-state index in [0.29, 0.717) is 16.4 Å². The van der Waals surface area contributed by atoms with Gasteiger partial charge in [-0.25, -0.2) is 9.78 Å². The Bertz CT molecular complexity index is 1020. The summed E-state index contributed by atoms with van der Waals surface area (Å²) >= 11 is 12.4. The van der Waals surface area contributed by atoms with Gasteiger partial charge in [-0.3, -0.25) is 9.36 Å². The zero-order valence-corrected chi connectivity index (χ0v) is 15.1. The van der Waals surface area contributed by atoms with Crippen LogP contribution < -0.4 is 5.43 Å². The Morgan fingerprint density at radius 2 is 2.00 bits per heavy atom. The number of aromatic nitrogens is 2. The highest BCUT2D eigenvalue weighted by molar-refractivity contribution is 6.32. The van der Waals surface area contributed by atoms with Gasteiger partial charge in [0.1, 0.15) is 16.4 Å². The molecule has 0 saturated heterocycles. The molecule has 0 unspecified atom stereocenters. The zero-order valence-electron chi connectivity index (χ0n) is 13.5. The summed E-state index contributed by atoms with van der Waals surface area (Å²) in [7, 11) is 0. The normalized spacial score (nSPS) is 10.9. The maximum atomic E-state index is 12.7. The lowest BCUT2D eigenvalue weighted by Gasteiger charge is -2.16. The molecular weight excluding hydrogens is 363 g/mol. The number of fused-ring (bicyclic) bond motifs is 1. The Morgan fingerprint density at radius 3 is 2.68 bits per heavy atom. The van der Waals surface area contributed by atoms with Crippen molar-refractivity contribution in [3.05, 3.63) is 68.1 Å². The predicted molar refractivity (Wildman–Crippen MR) is 98.1 cm³/mol. The van der Waals surface area contributed by atoms with Gasteiger partial charge in [0.05, 0.1) is 22.7 Å². The van der Waals surface area contributed by atoms with Crippen LogP contribution in [0.5, 0.6) is 0 Å². The lowest BCUT2D eigenvalue weighted by Crippen LogP contribution is -2.21. The number of hydrogen-bond acceptors (Lipinski definition) is 4. The number of pyridine rings is 2. The molecule has 5 nitrogen and oxygen atoms in total. The standard InChI is InChI=1S/C18H14Cl2N2O3/c1-3-25-18(24)12-9-22(15-10(2)5-4-6-13(15)19)17-11(16(12)23)7-8-14(20)21-17/h4-9H,3H2,1-2H3. The van der Waals surface area contributed by atoms with E-state index in [2.05, 4.69) is 4.98 Å². The molecule has 25 heavy (non-hydrogen) atoms. The highest BCUT2D eigenvalue weighted by atomic mass is 35.5. The number of aryl methyl sites for hydroxylation is 1. The molecule has 3 rings (SSSR count). The summed E-state index contributed by atoms with van der Waals surface area (Å²) in [6, 6.07) is 8.46. The van der Waals surface area contributed by atoms with Crippen molar-refractivity contribution in [1.82, 2.24) is 9.55 Å². The molecule has 0 amide bonds. The van der Waals surface area contributed by atoms with Crippen molar-refractivity contribution >= 4 is 40.2 Å². The summed E-state index contributed by atoms with van der Waals surface area (Å²) < 4.78 is 6.60. The Kier molecular flexibility index (Phi) is 4.79. The van der Waals surface area contributed by atoms with Crippen molar-refractivity contribution in [3.63, 3.8) is 0 Å². The number of nitrogens with zero attached hydrogens (tertiary/aromatic N) is 2. The van der Waals surface area contributed by atoms with E-state index in [-0.39, 0.29) is 22.7 Å². The van der Waals surface area contributed by atoms with Gasteiger partial charge in [0, 0.05) is 6.20 Å². The van der Waals surface area contributed by atoms with E-state index >= 15 is 0 Å². The highest BCUT2D eigenvalue weighted by Gasteiger charge is 2.19. The Balaban J connectivity index is 2.45. The van der Waals surface area contributed by atoms with Gasteiger partial charge in [0.25, 0.3) is 0 Å². The molecule has 0 atom stereocenters. The minimum Gasteiger partial charge on any atom is -0.462 e. The van der Waals surface area contributed by atoms with E-state index in [1.807, 2.05) is 19.1 Å². The van der Waals surface area contributed by atoms with E-state index in [4.69, 9.17) is 27.9 Å². The molecular formula is C18H14Cl2N2O3. The maximum absolute atomic E-state index is 12.7. The number of ether oxygens (including phenoxy) is 1. The van der Waals surface area contributed by atoms with Gasteiger partial charge < -0.3 is 4.74 Å². The van der Waals surface area contributed by atoms with Gasteiger partial charge in [0.2, 0.25) is 5.43 Å². The van der Waals surface area contributed by atoms with Crippen LogP contribution in [0.1, 0.15) is 22.8 Å². The smallest absolute Gasteiger partial charge is 0.343 e. The van der Waals surface area contributed by atoms with Gasteiger partial charge in [0.15, 0.2) is 0 Å². The van der Waals surface area contributed by atoms with Crippen LogP contribution in [-0.2, 0) is 4.74 Å². The Morgan fingerprint density at radius 1 is 1.24 bits per heavy atom. The third-order valence-corrected chi connectivity index (χ3v) is 4.26. The number of para-hydroxylation sites is 1. The van der Waals surface area contributed by atoms with E-state index in [0.717, 1.165) is 5.56 Å². The fourth-order valence-electron chi connectivity index (χ4n) is 2.63. The Labute approximate surface area is 153 Å². The van der Waals surface area contributed by atoms with Crippen LogP contribution in [0, 0.1) is 6.92 Å². The van der Waals surface area contributed by atoms with Crippen molar-refractivity contribution in [2.75, 3.05) is 6.61 Å². The largest absolute Gasteiger partial charge is 0.462 e. The molecule has 2 aromatic heterocycles. The van der Waals surface area contributed by atoms with Crippen LogP contribution in [0.4, 0.5) is 0 Å². The van der Waals surface area contributed by atoms with Crippen LogP contribution >= 0.6 is 23.2 Å². The fraction of sp³-hybridized carbons (Fsp3) is 0.167. The SMILES string of the molecule is CCOC(=O)c1cn(-c2c(C)cccc2Cl)c2nc(Cl)ccc2c1=O. The van der Waals surface area contributed by atoms with Gasteiger partial charge in [-0.05, 0) is 37.6 Å². The molecule has 0 aliphatic carbocycles. The maximum Gasteiger partial charge on any atom is 0.343 e. The molecule has 0 aliphatic heterocycles. The van der Waals surface area contributed by atoms with Crippen LogP contribution in [0.15, 0.2) is 41.3 Å². The Hall–Kier alpha value is -2.37. The minimum atomic E-state index is -0.692. The summed E-state index contributed by atoms with van der Waals surface area (Å²) in [6.45, 7) is 3.72. The van der Waals surface area contributed by atoms with Crippen molar-refractivity contribution < 1.29 is 9.53 Å². The van der Waals surface area contributed by atoms with Crippen LogP contribution in [0.3, 0.4) is 0 Å². The first-order chi connectivity index (χ1) is 11.9. The second kappa shape index (κ2) is 6.86. The average molecular weight is 377 g/mol. The minimum absolute atomic E-state index is 0.0854. The highest BCUT2D eigenvalue weighted by Crippen LogP contribution is 2.27. The first kappa shape index (κ1) is 17.5. The lowest BCUT2D eigenvalue weighted by molar-refractivity contribution is 0.0524. The van der Waals surface area contributed by atoms with E-state index in [9.17, 15) is 9.59 Å². The summed E-state index contributed by atoms with van der Waals surface area (Å²) in [4.78, 5) is 29.2. The number of halogens is 2. The zero-order chi connectivity index (χ0) is 18.1. The number of benzene rings is 1. The molecule has 128 valence electrons. The monoisotopic (exact) mass is 376 g/mol.